The molecule has 0 bridgehead atoms. The first-order valence-corrected chi connectivity index (χ1v) is 8.80. The molecule has 1 saturated carbocycles. The zero-order chi connectivity index (χ0) is 15.8. The lowest BCUT2D eigenvalue weighted by molar-refractivity contribution is 0.568. The molecular formula is C14H20ClFN2O2S. The van der Waals surface area contributed by atoms with Gasteiger partial charge in [0, 0.05) is 18.6 Å². The standard InChI is InChI=1S/C14H20ClFN2O2S/c1-8(2)17-7-10-5-11(6-12(16)14(10)15)21(19,20)18-13-4-9(13)3/h5-6,8-9,13,17-18H,4,7H2,1-3H3. The summed E-state index contributed by atoms with van der Waals surface area (Å²) in [5, 5.41) is 3.06. The molecule has 2 unspecified atom stereocenters. The van der Waals surface area contributed by atoms with E-state index in [1.54, 1.807) is 0 Å². The van der Waals surface area contributed by atoms with E-state index < -0.39 is 15.8 Å². The number of hydrogen-bond donors (Lipinski definition) is 2. The Morgan fingerprint density at radius 1 is 1.43 bits per heavy atom. The van der Waals surface area contributed by atoms with E-state index in [9.17, 15) is 12.8 Å². The maximum Gasteiger partial charge on any atom is 0.240 e. The molecule has 1 fully saturated rings. The van der Waals surface area contributed by atoms with E-state index in [0.29, 0.717) is 18.0 Å². The van der Waals surface area contributed by atoms with Crippen molar-refractivity contribution in [2.45, 2.75) is 50.7 Å². The van der Waals surface area contributed by atoms with Gasteiger partial charge < -0.3 is 5.32 Å². The largest absolute Gasteiger partial charge is 0.310 e. The first-order valence-electron chi connectivity index (χ1n) is 6.94. The second-order valence-corrected chi connectivity index (χ2v) is 7.95. The highest BCUT2D eigenvalue weighted by molar-refractivity contribution is 7.89. The lowest BCUT2D eigenvalue weighted by Crippen LogP contribution is -2.27. The minimum absolute atomic E-state index is 0.0399. The first kappa shape index (κ1) is 16.7. The van der Waals surface area contributed by atoms with E-state index in [-0.39, 0.29) is 22.0 Å². The normalized spacial score (nSPS) is 21.8. The average Bonchev–Trinajstić information content (AvgIpc) is 3.05. The van der Waals surface area contributed by atoms with Crippen LogP contribution in [0.4, 0.5) is 4.39 Å². The van der Waals surface area contributed by atoms with Gasteiger partial charge in [-0.05, 0) is 30.0 Å². The van der Waals surface area contributed by atoms with Crippen molar-refractivity contribution < 1.29 is 12.8 Å². The van der Waals surface area contributed by atoms with Gasteiger partial charge in [0.2, 0.25) is 10.0 Å². The Bertz CT molecular complexity index is 634. The molecule has 1 aliphatic carbocycles. The van der Waals surface area contributed by atoms with Crippen molar-refractivity contribution in [2.24, 2.45) is 5.92 Å². The Morgan fingerprint density at radius 2 is 2.05 bits per heavy atom. The highest BCUT2D eigenvalue weighted by Gasteiger charge is 2.36. The molecule has 2 atom stereocenters. The summed E-state index contributed by atoms with van der Waals surface area (Å²) in [5.41, 5.74) is 0.439. The summed E-state index contributed by atoms with van der Waals surface area (Å²) in [6.45, 7) is 6.17. The Balaban J connectivity index is 2.27. The van der Waals surface area contributed by atoms with Crippen LogP contribution in [-0.4, -0.2) is 20.5 Å². The van der Waals surface area contributed by atoms with Crippen LogP contribution in [0.3, 0.4) is 0 Å². The van der Waals surface area contributed by atoms with E-state index in [2.05, 4.69) is 10.0 Å². The highest BCUT2D eigenvalue weighted by atomic mass is 35.5. The SMILES string of the molecule is CC(C)NCc1cc(S(=O)(=O)NC2CC2C)cc(F)c1Cl. The summed E-state index contributed by atoms with van der Waals surface area (Å²) in [4.78, 5) is -0.0796. The fraction of sp³-hybridized carbons (Fsp3) is 0.571. The van der Waals surface area contributed by atoms with Crippen LogP contribution in [-0.2, 0) is 16.6 Å². The number of halogens is 2. The summed E-state index contributed by atoms with van der Waals surface area (Å²) in [6, 6.07) is 2.54. The van der Waals surface area contributed by atoms with Gasteiger partial charge in [-0.25, -0.2) is 17.5 Å². The van der Waals surface area contributed by atoms with E-state index in [1.807, 2.05) is 20.8 Å². The van der Waals surface area contributed by atoms with Crippen molar-refractivity contribution in [3.8, 4) is 0 Å². The predicted molar refractivity (Wildman–Crippen MR) is 81.3 cm³/mol. The third-order valence-corrected chi connectivity index (χ3v) is 5.40. The van der Waals surface area contributed by atoms with Crippen LogP contribution in [0, 0.1) is 11.7 Å². The Kier molecular flexibility index (Phi) is 4.92. The zero-order valence-corrected chi connectivity index (χ0v) is 13.9. The summed E-state index contributed by atoms with van der Waals surface area (Å²) < 4.78 is 40.9. The van der Waals surface area contributed by atoms with Crippen LogP contribution >= 0.6 is 11.6 Å². The molecule has 118 valence electrons. The third-order valence-electron chi connectivity index (χ3n) is 3.50. The predicted octanol–water partition coefficient (Wildman–Crippen LogP) is 2.66. The lowest BCUT2D eigenvalue weighted by Gasteiger charge is -2.13. The summed E-state index contributed by atoms with van der Waals surface area (Å²) in [7, 11) is -3.71. The Labute approximate surface area is 130 Å². The fourth-order valence-electron chi connectivity index (χ4n) is 1.97. The number of sulfonamides is 1. The summed E-state index contributed by atoms with van der Waals surface area (Å²) >= 11 is 5.91. The van der Waals surface area contributed by atoms with Crippen LogP contribution in [0.25, 0.3) is 0 Å². The van der Waals surface area contributed by atoms with Crippen LogP contribution in [0.15, 0.2) is 17.0 Å². The van der Waals surface area contributed by atoms with Gasteiger partial charge in [0.1, 0.15) is 5.82 Å². The van der Waals surface area contributed by atoms with E-state index >= 15 is 0 Å². The third kappa shape index (κ3) is 4.16. The van der Waals surface area contributed by atoms with Crippen molar-refractivity contribution >= 4 is 21.6 Å². The van der Waals surface area contributed by atoms with Gasteiger partial charge in [0.05, 0.1) is 9.92 Å². The van der Waals surface area contributed by atoms with E-state index in [4.69, 9.17) is 11.6 Å². The lowest BCUT2D eigenvalue weighted by atomic mass is 10.2. The second kappa shape index (κ2) is 6.20. The fourth-order valence-corrected chi connectivity index (χ4v) is 3.56. The van der Waals surface area contributed by atoms with Crippen LogP contribution in [0.2, 0.25) is 5.02 Å². The molecular weight excluding hydrogens is 315 g/mol. The minimum atomic E-state index is -3.71. The molecule has 2 N–H and O–H groups in total. The number of hydrogen-bond acceptors (Lipinski definition) is 3. The van der Waals surface area contributed by atoms with Crippen LogP contribution in [0.5, 0.6) is 0 Å². The maximum absolute atomic E-state index is 13.9. The van der Waals surface area contributed by atoms with Crippen molar-refractivity contribution in [3.63, 3.8) is 0 Å². The molecule has 1 aliphatic rings. The molecule has 4 nitrogen and oxygen atoms in total. The smallest absolute Gasteiger partial charge is 0.240 e. The van der Waals surface area contributed by atoms with Gasteiger partial charge in [-0.3, -0.25) is 0 Å². The van der Waals surface area contributed by atoms with Crippen molar-refractivity contribution in [3.05, 3.63) is 28.5 Å². The van der Waals surface area contributed by atoms with Gasteiger partial charge >= 0.3 is 0 Å². The zero-order valence-electron chi connectivity index (χ0n) is 12.3. The second-order valence-electron chi connectivity index (χ2n) is 5.85. The van der Waals surface area contributed by atoms with E-state index in [0.717, 1.165) is 12.5 Å². The van der Waals surface area contributed by atoms with Crippen molar-refractivity contribution in [1.29, 1.82) is 0 Å². The molecule has 0 heterocycles. The summed E-state index contributed by atoms with van der Waals surface area (Å²) in [6.07, 6.45) is 0.817. The topological polar surface area (TPSA) is 58.2 Å². The van der Waals surface area contributed by atoms with Crippen LogP contribution in [0.1, 0.15) is 32.8 Å². The number of benzene rings is 1. The molecule has 2 rings (SSSR count). The molecule has 0 spiro atoms. The Hall–Kier alpha value is -0.690. The minimum Gasteiger partial charge on any atom is -0.310 e. The quantitative estimate of drug-likeness (QED) is 0.841. The van der Waals surface area contributed by atoms with Gasteiger partial charge in [0.15, 0.2) is 0 Å². The molecule has 1 aromatic rings. The molecule has 1 aromatic carbocycles. The number of rotatable bonds is 6. The first-order chi connectivity index (χ1) is 9.70. The maximum atomic E-state index is 13.9. The molecule has 0 aliphatic heterocycles. The van der Waals surface area contributed by atoms with Crippen LogP contribution < -0.4 is 10.0 Å². The molecule has 0 amide bonds. The van der Waals surface area contributed by atoms with Gasteiger partial charge in [-0.1, -0.05) is 32.4 Å². The molecule has 21 heavy (non-hydrogen) atoms. The molecule has 0 saturated heterocycles. The van der Waals surface area contributed by atoms with Crippen molar-refractivity contribution in [1.82, 2.24) is 10.0 Å². The molecule has 0 aromatic heterocycles. The van der Waals surface area contributed by atoms with Gasteiger partial charge in [-0.2, -0.15) is 0 Å². The average molecular weight is 335 g/mol. The van der Waals surface area contributed by atoms with Crippen molar-refractivity contribution in [2.75, 3.05) is 0 Å². The number of nitrogens with one attached hydrogen (secondary N) is 2. The monoisotopic (exact) mass is 334 g/mol. The van der Waals surface area contributed by atoms with E-state index in [1.165, 1.54) is 6.07 Å². The Morgan fingerprint density at radius 3 is 2.57 bits per heavy atom. The summed E-state index contributed by atoms with van der Waals surface area (Å²) in [5.74, 6) is -0.386. The molecule has 0 radical (unpaired) electrons. The van der Waals surface area contributed by atoms with Gasteiger partial charge in [0.25, 0.3) is 0 Å². The van der Waals surface area contributed by atoms with Gasteiger partial charge in [-0.15, -0.1) is 0 Å². The molecule has 7 heteroatoms. The highest BCUT2D eigenvalue weighted by Crippen LogP contribution is 2.31.